The molecule has 0 bridgehead atoms. The molecule has 1 aromatic rings. The third kappa shape index (κ3) is 4.17. The van der Waals surface area contributed by atoms with E-state index in [4.69, 9.17) is 5.11 Å². The third-order valence-corrected chi connectivity index (χ3v) is 1.47. The van der Waals surface area contributed by atoms with E-state index in [1.807, 2.05) is 18.2 Å². The van der Waals surface area contributed by atoms with Crippen LogP contribution < -0.4 is 0 Å². The highest BCUT2D eigenvalue weighted by Crippen LogP contribution is 2.00. The molecule has 0 heterocycles. The molecule has 2 heteroatoms. The first-order valence-electron chi connectivity index (χ1n) is 3.58. The normalized spacial score (nSPS) is 8.82. The maximum atomic E-state index is 8.53. The zero-order valence-corrected chi connectivity index (χ0v) is 8.08. The number of aliphatic hydroxyl groups excluding tert-OH is 1. The Kier molecular flexibility index (Phi) is 6.18. The summed E-state index contributed by atoms with van der Waals surface area (Å²) >= 11 is 0. The van der Waals surface area contributed by atoms with Gasteiger partial charge in [-0.15, -0.1) is 17.0 Å². The molecule has 0 amide bonds. The number of halogens is 1. The molecular formula is C9H13BrO. The van der Waals surface area contributed by atoms with Gasteiger partial charge < -0.3 is 5.11 Å². The summed E-state index contributed by atoms with van der Waals surface area (Å²) in [5, 5.41) is 8.53. The minimum Gasteiger partial charge on any atom is -0.396 e. The molecule has 0 fully saturated rings. The van der Waals surface area contributed by atoms with Crippen LogP contribution in [-0.4, -0.2) is 11.7 Å². The van der Waals surface area contributed by atoms with Crippen molar-refractivity contribution in [2.75, 3.05) is 6.61 Å². The summed E-state index contributed by atoms with van der Waals surface area (Å²) in [4.78, 5) is 0. The summed E-state index contributed by atoms with van der Waals surface area (Å²) in [6, 6.07) is 10.2. The van der Waals surface area contributed by atoms with Gasteiger partial charge in [-0.3, -0.25) is 0 Å². The van der Waals surface area contributed by atoms with Gasteiger partial charge in [0.25, 0.3) is 0 Å². The quantitative estimate of drug-likeness (QED) is 0.822. The second-order valence-corrected chi connectivity index (χ2v) is 2.31. The second-order valence-electron chi connectivity index (χ2n) is 2.31. The van der Waals surface area contributed by atoms with Gasteiger partial charge >= 0.3 is 0 Å². The van der Waals surface area contributed by atoms with Gasteiger partial charge in [0.15, 0.2) is 0 Å². The predicted molar refractivity (Wildman–Crippen MR) is 52.2 cm³/mol. The van der Waals surface area contributed by atoms with E-state index in [9.17, 15) is 0 Å². The van der Waals surface area contributed by atoms with Crippen LogP contribution in [0.25, 0.3) is 0 Å². The Hall–Kier alpha value is -0.340. The first-order chi connectivity index (χ1) is 4.93. The molecule has 0 aliphatic heterocycles. The minimum absolute atomic E-state index is 0. The van der Waals surface area contributed by atoms with Crippen molar-refractivity contribution in [1.82, 2.24) is 0 Å². The van der Waals surface area contributed by atoms with Crippen molar-refractivity contribution < 1.29 is 5.11 Å². The number of rotatable bonds is 3. The standard InChI is InChI=1S/C9H12O.BrH/c10-8-4-7-9-5-2-1-3-6-9;/h1-3,5-6,10H,4,7-8H2;1H. The lowest BCUT2D eigenvalue weighted by Gasteiger charge is -1.96. The highest BCUT2D eigenvalue weighted by Gasteiger charge is 1.87. The van der Waals surface area contributed by atoms with Crippen molar-refractivity contribution in [3.05, 3.63) is 35.9 Å². The summed E-state index contributed by atoms with van der Waals surface area (Å²) in [5.74, 6) is 0. The van der Waals surface area contributed by atoms with Crippen LogP contribution in [0.1, 0.15) is 12.0 Å². The zero-order chi connectivity index (χ0) is 7.23. The van der Waals surface area contributed by atoms with Crippen LogP contribution in [-0.2, 0) is 6.42 Å². The molecule has 0 saturated heterocycles. The van der Waals surface area contributed by atoms with E-state index in [1.165, 1.54) is 5.56 Å². The second kappa shape index (κ2) is 6.38. The summed E-state index contributed by atoms with van der Waals surface area (Å²) in [6.45, 7) is 0.287. The molecule has 0 radical (unpaired) electrons. The molecule has 0 aliphatic carbocycles. The molecule has 62 valence electrons. The fourth-order valence-corrected chi connectivity index (χ4v) is 0.928. The van der Waals surface area contributed by atoms with Crippen LogP contribution in [0.2, 0.25) is 0 Å². The maximum absolute atomic E-state index is 8.53. The van der Waals surface area contributed by atoms with Crippen LogP contribution in [0, 0.1) is 0 Å². The molecule has 0 aliphatic rings. The summed E-state index contributed by atoms with van der Waals surface area (Å²) in [6.07, 6.45) is 1.85. The molecule has 11 heavy (non-hydrogen) atoms. The van der Waals surface area contributed by atoms with E-state index in [0.717, 1.165) is 12.8 Å². The number of hydrogen-bond acceptors (Lipinski definition) is 1. The van der Waals surface area contributed by atoms with E-state index >= 15 is 0 Å². The van der Waals surface area contributed by atoms with Gasteiger partial charge in [0.05, 0.1) is 0 Å². The number of aryl methyl sites for hydroxylation is 1. The van der Waals surface area contributed by atoms with Crippen molar-refractivity contribution in [2.24, 2.45) is 0 Å². The van der Waals surface area contributed by atoms with Gasteiger partial charge in [-0.2, -0.15) is 0 Å². The number of benzene rings is 1. The Balaban J connectivity index is 0.000001000. The Morgan fingerprint density at radius 1 is 1.09 bits per heavy atom. The largest absolute Gasteiger partial charge is 0.396 e. The van der Waals surface area contributed by atoms with Gasteiger partial charge in [0.1, 0.15) is 0 Å². The van der Waals surface area contributed by atoms with Crippen LogP contribution in [0.5, 0.6) is 0 Å². The van der Waals surface area contributed by atoms with Gasteiger partial charge in [-0.05, 0) is 18.4 Å². The first-order valence-corrected chi connectivity index (χ1v) is 3.58. The summed E-state index contributed by atoms with van der Waals surface area (Å²) in [5.41, 5.74) is 1.30. The fraction of sp³-hybridized carbons (Fsp3) is 0.333. The molecule has 1 rings (SSSR count). The van der Waals surface area contributed by atoms with Crippen LogP contribution in [0.15, 0.2) is 30.3 Å². The van der Waals surface area contributed by atoms with Crippen LogP contribution in [0.4, 0.5) is 0 Å². The Bertz CT molecular complexity index is 174. The predicted octanol–water partition coefficient (Wildman–Crippen LogP) is 2.19. The molecular weight excluding hydrogens is 204 g/mol. The Morgan fingerprint density at radius 2 is 1.73 bits per heavy atom. The number of aliphatic hydroxyl groups is 1. The van der Waals surface area contributed by atoms with Crippen LogP contribution in [0.3, 0.4) is 0 Å². The zero-order valence-electron chi connectivity index (χ0n) is 6.36. The van der Waals surface area contributed by atoms with E-state index in [1.54, 1.807) is 0 Å². The van der Waals surface area contributed by atoms with E-state index < -0.39 is 0 Å². The van der Waals surface area contributed by atoms with Gasteiger partial charge in [0, 0.05) is 6.61 Å². The molecule has 1 nitrogen and oxygen atoms in total. The lowest BCUT2D eigenvalue weighted by atomic mass is 10.1. The fourth-order valence-electron chi connectivity index (χ4n) is 0.928. The van der Waals surface area contributed by atoms with Gasteiger partial charge in [0.2, 0.25) is 0 Å². The SMILES string of the molecule is Br.OCCCc1ccccc1. The lowest BCUT2D eigenvalue weighted by molar-refractivity contribution is 0.288. The monoisotopic (exact) mass is 216 g/mol. The lowest BCUT2D eigenvalue weighted by Crippen LogP contribution is -1.87. The van der Waals surface area contributed by atoms with Crippen molar-refractivity contribution in [1.29, 1.82) is 0 Å². The van der Waals surface area contributed by atoms with Crippen molar-refractivity contribution >= 4 is 17.0 Å². The minimum atomic E-state index is 0. The topological polar surface area (TPSA) is 20.2 Å². The molecule has 0 unspecified atom stereocenters. The maximum Gasteiger partial charge on any atom is 0.0434 e. The first kappa shape index (κ1) is 10.7. The molecule has 1 aromatic carbocycles. The van der Waals surface area contributed by atoms with Crippen molar-refractivity contribution in [2.45, 2.75) is 12.8 Å². The van der Waals surface area contributed by atoms with Crippen molar-refractivity contribution in [3.63, 3.8) is 0 Å². The van der Waals surface area contributed by atoms with E-state index in [2.05, 4.69) is 12.1 Å². The average molecular weight is 217 g/mol. The van der Waals surface area contributed by atoms with Crippen LogP contribution >= 0.6 is 17.0 Å². The van der Waals surface area contributed by atoms with Gasteiger partial charge in [-0.25, -0.2) is 0 Å². The smallest absolute Gasteiger partial charge is 0.0434 e. The summed E-state index contributed by atoms with van der Waals surface area (Å²) < 4.78 is 0. The van der Waals surface area contributed by atoms with E-state index in [-0.39, 0.29) is 23.6 Å². The molecule has 0 aromatic heterocycles. The molecule has 0 atom stereocenters. The Morgan fingerprint density at radius 3 is 2.27 bits per heavy atom. The molecule has 1 N–H and O–H groups in total. The highest BCUT2D eigenvalue weighted by molar-refractivity contribution is 8.93. The van der Waals surface area contributed by atoms with Crippen molar-refractivity contribution in [3.8, 4) is 0 Å². The Labute approximate surface area is 77.8 Å². The molecule has 0 saturated carbocycles. The van der Waals surface area contributed by atoms with E-state index in [0.29, 0.717) is 0 Å². The summed E-state index contributed by atoms with van der Waals surface area (Å²) in [7, 11) is 0. The average Bonchev–Trinajstić information content (AvgIpc) is 2.03. The van der Waals surface area contributed by atoms with Gasteiger partial charge in [-0.1, -0.05) is 30.3 Å². The third-order valence-electron chi connectivity index (χ3n) is 1.47. The molecule has 0 spiro atoms. The highest BCUT2D eigenvalue weighted by atomic mass is 79.9. The number of hydrogen-bond donors (Lipinski definition) is 1.